The first kappa shape index (κ1) is 12.8. The molecule has 88 valence electrons. The Morgan fingerprint density at radius 3 is 2.27 bits per heavy atom. The highest BCUT2D eigenvalue weighted by atomic mass is 15.2. The molecule has 0 aromatic rings. The predicted molar refractivity (Wildman–Crippen MR) is 68.0 cm³/mol. The Hall–Kier alpha value is -0.300. The van der Waals surface area contributed by atoms with E-state index in [2.05, 4.69) is 52.5 Å². The quantitative estimate of drug-likeness (QED) is 0.638. The van der Waals surface area contributed by atoms with Gasteiger partial charge in [0, 0.05) is 18.6 Å². The van der Waals surface area contributed by atoms with Crippen LogP contribution in [0.15, 0.2) is 11.6 Å². The molecule has 2 atom stereocenters. The van der Waals surface area contributed by atoms with Gasteiger partial charge >= 0.3 is 0 Å². The minimum absolute atomic E-state index is 0.704. The smallest absolute Gasteiger partial charge is 0.0176 e. The van der Waals surface area contributed by atoms with Gasteiger partial charge in [-0.15, -0.1) is 0 Å². The molecule has 0 aromatic carbocycles. The van der Waals surface area contributed by atoms with Crippen LogP contribution in [0.25, 0.3) is 0 Å². The van der Waals surface area contributed by atoms with Gasteiger partial charge in [-0.2, -0.15) is 0 Å². The molecule has 0 bridgehead atoms. The molecule has 0 aliphatic carbocycles. The highest BCUT2D eigenvalue weighted by molar-refractivity contribution is 5.02. The highest BCUT2D eigenvalue weighted by Crippen LogP contribution is 2.35. The maximum absolute atomic E-state index is 2.64. The van der Waals surface area contributed by atoms with Crippen molar-refractivity contribution in [1.29, 1.82) is 0 Å². The van der Waals surface area contributed by atoms with Gasteiger partial charge in [0.25, 0.3) is 0 Å². The first-order valence-electron chi connectivity index (χ1n) is 6.32. The Bertz CT molecular complexity index is 209. The molecule has 0 aromatic heterocycles. The Morgan fingerprint density at radius 1 is 1.27 bits per heavy atom. The van der Waals surface area contributed by atoms with E-state index in [1.54, 1.807) is 0 Å². The molecule has 1 heteroatoms. The van der Waals surface area contributed by atoms with E-state index in [-0.39, 0.29) is 0 Å². The van der Waals surface area contributed by atoms with Crippen molar-refractivity contribution in [2.24, 2.45) is 11.8 Å². The lowest BCUT2D eigenvalue weighted by Gasteiger charge is -2.52. The van der Waals surface area contributed by atoms with Gasteiger partial charge in [0.2, 0.25) is 0 Å². The summed E-state index contributed by atoms with van der Waals surface area (Å²) in [4.78, 5) is 2.64. The molecule has 1 aliphatic heterocycles. The third-order valence-corrected chi connectivity index (χ3v) is 3.63. The summed E-state index contributed by atoms with van der Waals surface area (Å²) in [5.74, 6) is 1.73. The van der Waals surface area contributed by atoms with Gasteiger partial charge < -0.3 is 0 Å². The van der Waals surface area contributed by atoms with E-state index in [9.17, 15) is 0 Å². The number of likely N-dealkylation sites (tertiary alicyclic amines) is 1. The summed E-state index contributed by atoms with van der Waals surface area (Å²) in [6, 6.07) is 1.50. The minimum atomic E-state index is 0.704. The first-order valence-corrected chi connectivity index (χ1v) is 6.32. The van der Waals surface area contributed by atoms with E-state index in [4.69, 9.17) is 0 Å². The van der Waals surface area contributed by atoms with E-state index in [1.165, 1.54) is 18.5 Å². The molecule has 1 saturated heterocycles. The molecule has 15 heavy (non-hydrogen) atoms. The van der Waals surface area contributed by atoms with Gasteiger partial charge in [-0.25, -0.2) is 0 Å². The van der Waals surface area contributed by atoms with Crippen LogP contribution >= 0.6 is 0 Å². The summed E-state index contributed by atoms with van der Waals surface area (Å²) >= 11 is 0. The number of allylic oxidation sites excluding steroid dienone is 1. The van der Waals surface area contributed by atoms with E-state index in [0.29, 0.717) is 6.04 Å². The summed E-state index contributed by atoms with van der Waals surface area (Å²) in [5, 5.41) is 0. The lowest BCUT2D eigenvalue weighted by Crippen LogP contribution is -2.60. The fourth-order valence-corrected chi connectivity index (χ4v) is 2.52. The van der Waals surface area contributed by atoms with Crippen molar-refractivity contribution in [1.82, 2.24) is 4.90 Å². The van der Waals surface area contributed by atoms with Crippen LogP contribution in [0, 0.1) is 11.8 Å². The predicted octanol–water partition coefficient (Wildman–Crippen LogP) is 3.71. The molecule has 1 rings (SSSR count). The number of rotatable bonds is 4. The fourth-order valence-electron chi connectivity index (χ4n) is 2.52. The summed E-state index contributed by atoms with van der Waals surface area (Å²) in [5.41, 5.74) is 1.45. The van der Waals surface area contributed by atoms with Crippen molar-refractivity contribution in [3.05, 3.63) is 11.6 Å². The van der Waals surface area contributed by atoms with E-state index in [0.717, 1.165) is 17.9 Å². The van der Waals surface area contributed by atoms with E-state index < -0.39 is 0 Å². The molecular weight excluding hydrogens is 182 g/mol. The normalized spacial score (nSPS) is 26.9. The summed E-state index contributed by atoms with van der Waals surface area (Å²) in [6.07, 6.45) is 3.64. The van der Waals surface area contributed by atoms with Crippen LogP contribution in [0.1, 0.15) is 48.0 Å². The molecule has 0 saturated carbocycles. The second-order valence-electron chi connectivity index (χ2n) is 5.78. The summed E-state index contributed by atoms with van der Waals surface area (Å²) < 4.78 is 0. The van der Waals surface area contributed by atoms with Crippen LogP contribution in [0.2, 0.25) is 0 Å². The van der Waals surface area contributed by atoms with Gasteiger partial charge in [0.05, 0.1) is 0 Å². The summed E-state index contributed by atoms with van der Waals surface area (Å²) in [7, 11) is 0. The maximum Gasteiger partial charge on any atom is 0.0176 e. The van der Waals surface area contributed by atoms with Crippen LogP contribution in [-0.2, 0) is 0 Å². The van der Waals surface area contributed by atoms with Gasteiger partial charge in [-0.3, -0.25) is 4.90 Å². The molecule has 0 amide bonds. The van der Waals surface area contributed by atoms with Crippen molar-refractivity contribution in [2.75, 3.05) is 6.54 Å². The molecule has 1 heterocycles. The Morgan fingerprint density at radius 2 is 1.87 bits per heavy atom. The monoisotopic (exact) mass is 209 g/mol. The molecule has 1 fully saturated rings. The van der Waals surface area contributed by atoms with Gasteiger partial charge in [0.15, 0.2) is 0 Å². The third kappa shape index (κ3) is 3.07. The van der Waals surface area contributed by atoms with Crippen molar-refractivity contribution < 1.29 is 0 Å². The van der Waals surface area contributed by atoms with Crippen molar-refractivity contribution in [3.63, 3.8) is 0 Å². The van der Waals surface area contributed by atoms with Crippen LogP contribution < -0.4 is 0 Å². The number of hydrogen-bond acceptors (Lipinski definition) is 1. The van der Waals surface area contributed by atoms with Crippen LogP contribution in [0.5, 0.6) is 0 Å². The van der Waals surface area contributed by atoms with E-state index in [1.807, 2.05) is 0 Å². The Balaban J connectivity index is 2.57. The highest BCUT2D eigenvalue weighted by Gasteiger charge is 2.40. The molecule has 0 N–H and O–H groups in total. The minimum Gasteiger partial charge on any atom is -0.297 e. The Labute approximate surface area is 95.5 Å². The van der Waals surface area contributed by atoms with Crippen molar-refractivity contribution in [3.8, 4) is 0 Å². The molecule has 0 radical (unpaired) electrons. The molecule has 0 spiro atoms. The molecular formula is C14H27N. The standard InChI is InChI=1S/C14H27N/c1-10(2)7-8-14-13(11(3)4)9-15(14)12(5)6/h7,11-14H,8-9H2,1-6H3. The van der Waals surface area contributed by atoms with Gasteiger partial charge in [-0.1, -0.05) is 25.5 Å². The maximum atomic E-state index is 2.64. The lowest BCUT2D eigenvalue weighted by atomic mass is 9.77. The second-order valence-corrected chi connectivity index (χ2v) is 5.78. The van der Waals surface area contributed by atoms with Crippen LogP contribution in [0.3, 0.4) is 0 Å². The molecule has 2 unspecified atom stereocenters. The third-order valence-electron chi connectivity index (χ3n) is 3.63. The first-order chi connectivity index (χ1) is 6.93. The largest absolute Gasteiger partial charge is 0.297 e. The zero-order valence-electron chi connectivity index (χ0n) is 11.2. The number of hydrogen-bond donors (Lipinski definition) is 0. The Kier molecular flexibility index (Phi) is 4.39. The van der Waals surface area contributed by atoms with Gasteiger partial charge in [0.1, 0.15) is 0 Å². The van der Waals surface area contributed by atoms with Crippen molar-refractivity contribution in [2.45, 2.75) is 60.0 Å². The molecule has 1 nitrogen and oxygen atoms in total. The average Bonchev–Trinajstić information content (AvgIpc) is 1.99. The topological polar surface area (TPSA) is 3.24 Å². The molecule has 1 aliphatic rings. The SMILES string of the molecule is CC(C)=CCC1C(C(C)C)CN1C(C)C. The van der Waals surface area contributed by atoms with Crippen LogP contribution in [0.4, 0.5) is 0 Å². The zero-order valence-corrected chi connectivity index (χ0v) is 11.2. The zero-order chi connectivity index (χ0) is 11.6. The fraction of sp³-hybridized carbons (Fsp3) is 0.857. The second kappa shape index (κ2) is 5.16. The van der Waals surface area contributed by atoms with Crippen molar-refractivity contribution >= 4 is 0 Å². The lowest BCUT2D eigenvalue weighted by molar-refractivity contribution is -0.0327. The van der Waals surface area contributed by atoms with Gasteiger partial charge in [-0.05, 0) is 46.0 Å². The summed E-state index contributed by atoms with van der Waals surface area (Å²) in [6.45, 7) is 15.0. The number of nitrogens with zero attached hydrogens (tertiary/aromatic N) is 1. The average molecular weight is 209 g/mol. The van der Waals surface area contributed by atoms with E-state index >= 15 is 0 Å². The van der Waals surface area contributed by atoms with Crippen LogP contribution in [-0.4, -0.2) is 23.5 Å².